The highest BCUT2D eigenvalue weighted by molar-refractivity contribution is 5.75. The topological polar surface area (TPSA) is 52.6 Å². The molecule has 4 heteroatoms. The first-order chi connectivity index (χ1) is 10.8. The van der Waals surface area contributed by atoms with Crippen molar-refractivity contribution in [3.05, 3.63) is 35.9 Å². The van der Waals surface area contributed by atoms with E-state index in [9.17, 15) is 9.59 Å². The van der Waals surface area contributed by atoms with Crippen LogP contribution in [0.2, 0.25) is 0 Å². The molecule has 0 spiro atoms. The van der Waals surface area contributed by atoms with Gasteiger partial charge >= 0.3 is 11.9 Å². The number of carbonyl (C=O) groups excluding carboxylic acids is 2. The van der Waals surface area contributed by atoms with Crippen LogP contribution in [0.5, 0.6) is 0 Å². The number of hydrogen-bond donors (Lipinski definition) is 0. The minimum atomic E-state index is -0.456. The summed E-state index contributed by atoms with van der Waals surface area (Å²) in [6, 6.07) is 9.66. The van der Waals surface area contributed by atoms with E-state index in [2.05, 4.69) is 0 Å². The molecule has 1 aromatic rings. The molecule has 0 aromatic heterocycles. The molecule has 0 atom stereocenters. The summed E-state index contributed by atoms with van der Waals surface area (Å²) in [5.41, 5.74) is 0.533. The second-order valence-corrected chi connectivity index (χ2v) is 7.18. The van der Waals surface area contributed by atoms with Gasteiger partial charge in [-0.1, -0.05) is 30.3 Å². The second-order valence-electron chi connectivity index (χ2n) is 7.18. The summed E-state index contributed by atoms with van der Waals surface area (Å²) in [6.45, 7) is 5.93. The smallest absolute Gasteiger partial charge is 0.309 e. The molecule has 0 amide bonds. The average Bonchev–Trinajstić information content (AvgIpc) is 2.52. The van der Waals surface area contributed by atoms with E-state index in [0.29, 0.717) is 32.3 Å². The summed E-state index contributed by atoms with van der Waals surface area (Å²) >= 11 is 0. The molecule has 0 radical (unpaired) electrons. The lowest BCUT2D eigenvalue weighted by atomic mass is 9.82. The Morgan fingerprint density at radius 1 is 0.957 bits per heavy atom. The Balaban J connectivity index is 1.75. The maximum Gasteiger partial charge on any atom is 0.309 e. The zero-order chi connectivity index (χ0) is 16.9. The molecule has 0 unspecified atom stereocenters. The molecule has 1 saturated carbocycles. The van der Waals surface area contributed by atoms with Crippen molar-refractivity contribution in [3.63, 3.8) is 0 Å². The highest BCUT2D eigenvalue weighted by Gasteiger charge is 2.33. The quantitative estimate of drug-likeness (QED) is 0.791. The van der Waals surface area contributed by atoms with Crippen molar-refractivity contribution in [1.82, 2.24) is 0 Å². The molecular weight excluding hydrogens is 292 g/mol. The van der Waals surface area contributed by atoms with E-state index >= 15 is 0 Å². The van der Waals surface area contributed by atoms with E-state index in [1.54, 1.807) is 0 Å². The van der Waals surface area contributed by atoms with Gasteiger partial charge in [-0.2, -0.15) is 0 Å². The fourth-order valence-electron chi connectivity index (χ4n) is 2.80. The predicted octanol–water partition coefficient (Wildman–Crippen LogP) is 3.88. The first kappa shape index (κ1) is 17.5. The molecule has 1 aromatic carbocycles. The van der Waals surface area contributed by atoms with Gasteiger partial charge in [0.25, 0.3) is 0 Å². The maximum atomic E-state index is 12.1. The van der Waals surface area contributed by atoms with Gasteiger partial charge < -0.3 is 9.47 Å². The molecule has 0 saturated heterocycles. The standard InChI is InChI=1S/C19H26O4/c1-19(2,3)23-18(21)16-11-9-15(10-12-16)17(20)22-13-14-7-5-4-6-8-14/h4-8,15-16H,9-13H2,1-3H3. The Morgan fingerprint density at radius 2 is 1.48 bits per heavy atom. The van der Waals surface area contributed by atoms with Gasteiger partial charge in [-0.05, 0) is 52.0 Å². The molecule has 1 aliphatic rings. The summed E-state index contributed by atoms with van der Waals surface area (Å²) in [5, 5.41) is 0. The fourth-order valence-corrected chi connectivity index (χ4v) is 2.80. The molecule has 0 aliphatic heterocycles. The monoisotopic (exact) mass is 318 g/mol. The Labute approximate surface area is 138 Å². The van der Waals surface area contributed by atoms with E-state index in [4.69, 9.17) is 9.47 Å². The van der Waals surface area contributed by atoms with E-state index in [-0.39, 0.29) is 23.8 Å². The molecule has 4 nitrogen and oxygen atoms in total. The number of benzene rings is 1. The summed E-state index contributed by atoms with van der Waals surface area (Å²) in [4.78, 5) is 24.2. The van der Waals surface area contributed by atoms with Gasteiger partial charge in [0, 0.05) is 0 Å². The molecule has 0 heterocycles. The molecule has 126 valence electrons. The third kappa shape index (κ3) is 5.70. The van der Waals surface area contributed by atoms with Crippen LogP contribution in [0.3, 0.4) is 0 Å². The van der Waals surface area contributed by atoms with Crippen LogP contribution in [0.15, 0.2) is 30.3 Å². The minimum absolute atomic E-state index is 0.0904. The highest BCUT2D eigenvalue weighted by Crippen LogP contribution is 2.31. The maximum absolute atomic E-state index is 12.1. The predicted molar refractivity (Wildman–Crippen MR) is 87.5 cm³/mol. The van der Waals surface area contributed by atoms with Crippen LogP contribution in [0, 0.1) is 11.8 Å². The molecule has 0 N–H and O–H groups in total. The summed E-state index contributed by atoms with van der Waals surface area (Å²) in [7, 11) is 0. The lowest BCUT2D eigenvalue weighted by Crippen LogP contribution is -2.32. The van der Waals surface area contributed by atoms with Crippen molar-refractivity contribution in [2.75, 3.05) is 0 Å². The summed E-state index contributed by atoms with van der Waals surface area (Å²) in [6.07, 6.45) is 2.77. The van der Waals surface area contributed by atoms with Gasteiger partial charge in [0.05, 0.1) is 11.8 Å². The van der Waals surface area contributed by atoms with E-state index < -0.39 is 5.60 Å². The Kier molecular flexibility index (Phi) is 5.80. The third-order valence-corrected chi connectivity index (χ3v) is 4.02. The van der Waals surface area contributed by atoms with Crippen molar-refractivity contribution >= 4 is 11.9 Å². The van der Waals surface area contributed by atoms with Gasteiger partial charge in [-0.15, -0.1) is 0 Å². The normalized spacial score (nSPS) is 21.5. The van der Waals surface area contributed by atoms with Crippen molar-refractivity contribution in [2.45, 2.75) is 58.7 Å². The lowest BCUT2D eigenvalue weighted by molar-refractivity contribution is -0.163. The largest absolute Gasteiger partial charge is 0.461 e. The number of hydrogen-bond acceptors (Lipinski definition) is 4. The van der Waals surface area contributed by atoms with E-state index in [1.165, 1.54) is 0 Å². The highest BCUT2D eigenvalue weighted by atomic mass is 16.6. The van der Waals surface area contributed by atoms with Crippen LogP contribution < -0.4 is 0 Å². The zero-order valence-corrected chi connectivity index (χ0v) is 14.2. The first-order valence-electron chi connectivity index (χ1n) is 8.28. The zero-order valence-electron chi connectivity index (χ0n) is 14.2. The number of carbonyl (C=O) groups is 2. The average molecular weight is 318 g/mol. The molecule has 1 aliphatic carbocycles. The van der Waals surface area contributed by atoms with Crippen LogP contribution in [-0.2, 0) is 25.7 Å². The molecule has 1 fully saturated rings. The number of ether oxygens (including phenoxy) is 2. The van der Waals surface area contributed by atoms with Gasteiger partial charge in [0.1, 0.15) is 12.2 Å². The van der Waals surface area contributed by atoms with Gasteiger partial charge in [-0.3, -0.25) is 9.59 Å². The minimum Gasteiger partial charge on any atom is -0.461 e. The van der Waals surface area contributed by atoms with Crippen LogP contribution in [-0.4, -0.2) is 17.5 Å². The van der Waals surface area contributed by atoms with Crippen molar-refractivity contribution in [1.29, 1.82) is 0 Å². The van der Waals surface area contributed by atoms with Gasteiger partial charge in [-0.25, -0.2) is 0 Å². The Hall–Kier alpha value is -1.84. The van der Waals surface area contributed by atoms with Crippen LogP contribution in [0.4, 0.5) is 0 Å². The first-order valence-corrected chi connectivity index (χ1v) is 8.28. The second kappa shape index (κ2) is 7.62. The molecule has 2 rings (SSSR count). The number of esters is 2. The Bertz CT molecular complexity index is 522. The fraction of sp³-hybridized carbons (Fsp3) is 0.579. The van der Waals surface area contributed by atoms with Crippen LogP contribution in [0.1, 0.15) is 52.0 Å². The lowest BCUT2D eigenvalue weighted by Gasteiger charge is -2.28. The Morgan fingerprint density at radius 3 is 2.00 bits per heavy atom. The van der Waals surface area contributed by atoms with E-state index in [0.717, 1.165) is 5.56 Å². The summed E-state index contributed by atoms with van der Waals surface area (Å²) < 4.78 is 10.8. The molecule has 23 heavy (non-hydrogen) atoms. The molecular formula is C19H26O4. The van der Waals surface area contributed by atoms with Crippen molar-refractivity contribution < 1.29 is 19.1 Å². The summed E-state index contributed by atoms with van der Waals surface area (Å²) in [5.74, 6) is -0.491. The third-order valence-electron chi connectivity index (χ3n) is 4.02. The number of rotatable bonds is 4. The van der Waals surface area contributed by atoms with Gasteiger partial charge in [0.15, 0.2) is 0 Å². The van der Waals surface area contributed by atoms with E-state index in [1.807, 2.05) is 51.1 Å². The molecule has 0 bridgehead atoms. The van der Waals surface area contributed by atoms with Crippen LogP contribution >= 0.6 is 0 Å². The SMILES string of the molecule is CC(C)(C)OC(=O)C1CCC(C(=O)OCc2ccccc2)CC1. The van der Waals surface area contributed by atoms with Crippen LogP contribution in [0.25, 0.3) is 0 Å². The van der Waals surface area contributed by atoms with Crippen molar-refractivity contribution in [2.24, 2.45) is 11.8 Å². The van der Waals surface area contributed by atoms with Gasteiger partial charge in [0.2, 0.25) is 0 Å². The van der Waals surface area contributed by atoms with Crippen molar-refractivity contribution in [3.8, 4) is 0 Å².